The SMILES string of the molecule is CC(C)Oc1ccc(-[s+]2cnnc2-c2cccc3c2CC[C@H]3NCC(=O)O)cc1C#N. The predicted octanol–water partition coefficient (Wildman–Crippen LogP) is 4.20. The van der Waals surface area contributed by atoms with Crippen molar-refractivity contribution in [3.63, 3.8) is 0 Å². The molecule has 2 aromatic carbocycles. The van der Waals surface area contributed by atoms with Crippen molar-refractivity contribution in [1.82, 2.24) is 15.5 Å². The van der Waals surface area contributed by atoms with Gasteiger partial charge in [0.1, 0.15) is 11.8 Å². The molecule has 3 aromatic rings. The minimum atomic E-state index is -0.863. The second-order valence-corrected chi connectivity index (χ2v) is 9.38. The van der Waals surface area contributed by atoms with Gasteiger partial charge in [0.2, 0.25) is 0 Å². The molecule has 1 aliphatic carbocycles. The molecule has 0 fully saturated rings. The van der Waals surface area contributed by atoms with Gasteiger partial charge in [-0.05, 0) is 49.9 Å². The van der Waals surface area contributed by atoms with E-state index in [9.17, 15) is 10.1 Å². The fourth-order valence-electron chi connectivity index (χ4n) is 3.93. The van der Waals surface area contributed by atoms with Crippen LogP contribution in [0.5, 0.6) is 5.75 Å². The van der Waals surface area contributed by atoms with Gasteiger partial charge in [-0.25, -0.2) is 0 Å². The third-order valence-corrected chi connectivity index (χ3v) is 6.98. The third-order valence-electron chi connectivity index (χ3n) is 5.20. The minimum Gasteiger partial charge on any atom is -0.490 e. The van der Waals surface area contributed by atoms with Gasteiger partial charge in [-0.3, -0.25) is 4.79 Å². The predicted molar refractivity (Wildman–Crippen MR) is 118 cm³/mol. The molecule has 7 nitrogen and oxygen atoms in total. The van der Waals surface area contributed by atoms with Gasteiger partial charge < -0.3 is 15.2 Å². The van der Waals surface area contributed by atoms with Gasteiger partial charge in [-0.15, -0.1) is 0 Å². The molecule has 1 unspecified atom stereocenters. The fourth-order valence-corrected chi connectivity index (χ4v) is 5.54. The van der Waals surface area contributed by atoms with E-state index in [1.165, 1.54) is 5.56 Å². The summed E-state index contributed by atoms with van der Waals surface area (Å²) in [6, 6.07) is 14.0. The Morgan fingerprint density at radius 3 is 2.97 bits per heavy atom. The van der Waals surface area contributed by atoms with Crippen LogP contribution in [0.1, 0.15) is 43.0 Å². The first-order chi connectivity index (χ1) is 15.0. The van der Waals surface area contributed by atoms with Gasteiger partial charge in [0.15, 0.2) is 4.90 Å². The highest BCUT2D eigenvalue weighted by atomic mass is 32.2. The van der Waals surface area contributed by atoms with Crippen molar-refractivity contribution in [3.8, 4) is 27.3 Å². The Hall–Kier alpha value is -3.28. The Kier molecular flexibility index (Phi) is 5.98. The van der Waals surface area contributed by atoms with Crippen LogP contribution in [0.15, 0.2) is 41.9 Å². The quantitative estimate of drug-likeness (QED) is 0.535. The van der Waals surface area contributed by atoms with E-state index < -0.39 is 16.4 Å². The molecule has 1 aliphatic rings. The maximum absolute atomic E-state index is 11.0. The second-order valence-electron chi connectivity index (χ2n) is 7.64. The van der Waals surface area contributed by atoms with Crippen LogP contribution >= 0.6 is 10.5 Å². The number of nitrogens with one attached hydrogen (secondary N) is 1. The number of carbonyl (C=O) groups is 1. The van der Waals surface area contributed by atoms with Gasteiger partial charge >= 0.3 is 5.97 Å². The standard InChI is InChI=1S/C23H22N4O3S/c1-14(2)30-21-9-6-16(10-15(21)11-24)31-13-26-27-23(31)19-5-3-4-18-17(19)7-8-20(18)25-12-22(28)29/h3-6,9-10,13-14,20,25H,7-8,12H2,1-2H3/p+1/t20-,31?/m1/s1. The molecule has 0 spiro atoms. The van der Waals surface area contributed by atoms with Crippen molar-refractivity contribution in [2.75, 3.05) is 6.54 Å². The number of hydrogen-bond acceptors (Lipinski definition) is 6. The molecule has 1 heterocycles. The van der Waals surface area contributed by atoms with Gasteiger partial charge in [0.25, 0.3) is 10.5 Å². The number of benzene rings is 2. The van der Waals surface area contributed by atoms with Gasteiger partial charge in [0.05, 0.1) is 34.2 Å². The fraction of sp³-hybridized carbons (Fsp3) is 0.304. The van der Waals surface area contributed by atoms with Gasteiger partial charge in [0, 0.05) is 18.2 Å². The van der Waals surface area contributed by atoms with E-state index in [2.05, 4.69) is 21.6 Å². The number of hydrogen-bond donors (Lipinski definition) is 2. The molecule has 31 heavy (non-hydrogen) atoms. The lowest BCUT2D eigenvalue weighted by Gasteiger charge is -2.12. The summed E-state index contributed by atoms with van der Waals surface area (Å²) < 4.78 is 5.75. The number of nitrogens with zero attached hydrogens (tertiary/aromatic N) is 3. The molecule has 4 rings (SSSR count). The van der Waals surface area contributed by atoms with Crippen molar-refractivity contribution < 1.29 is 14.6 Å². The smallest absolute Gasteiger partial charge is 0.317 e. The molecule has 0 saturated heterocycles. The average Bonchev–Trinajstić information content (AvgIpc) is 3.39. The average molecular weight is 436 g/mol. The van der Waals surface area contributed by atoms with Crippen molar-refractivity contribution in [1.29, 1.82) is 5.26 Å². The summed E-state index contributed by atoms with van der Waals surface area (Å²) in [7, 11) is -0.490. The van der Waals surface area contributed by atoms with E-state index >= 15 is 0 Å². The summed E-state index contributed by atoms with van der Waals surface area (Å²) in [6.07, 6.45) is 1.69. The monoisotopic (exact) mass is 435 g/mol. The van der Waals surface area contributed by atoms with Crippen LogP contribution in [-0.2, 0) is 11.2 Å². The zero-order valence-corrected chi connectivity index (χ0v) is 18.1. The summed E-state index contributed by atoms with van der Waals surface area (Å²) in [5.74, 6) is -0.287. The summed E-state index contributed by atoms with van der Waals surface area (Å²) in [5.41, 5.74) is 5.67. The Morgan fingerprint density at radius 2 is 2.23 bits per heavy atom. The zero-order chi connectivity index (χ0) is 22.0. The van der Waals surface area contributed by atoms with Crippen molar-refractivity contribution in [2.45, 2.75) is 38.8 Å². The number of carboxylic acids is 1. The summed E-state index contributed by atoms with van der Waals surface area (Å²) in [5, 5.41) is 31.2. The number of carboxylic acid groups (broad SMARTS) is 1. The topological polar surface area (TPSA) is 108 Å². The maximum atomic E-state index is 11.0. The lowest BCUT2D eigenvalue weighted by molar-refractivity contribution is -0.136. The van der Waals surface area contributed by atoms with Gasteiger partial charge in [-0.2, -0.15) is 5.26 Å². The number of fused-ring (bicyclic) bond motifs is 1. The van der Waals surface area contributed by atoms with Crippen LogP contribution in [-0.4, -0.2) is 33.9 Å². The summed E-state index contributed by atoms with van der Waals surface area (Å²) in [6.45, 7) is 3.80. The largest absolute Gasteiger partial charge is 0.490 e. The molecule has 8 heteroatoms. The Bertz CT molecular complexity index is 1170. The molecule has 0 radical (unpaired) electrons. The van der Waals surface area contributed by atoms with E-state index in [1.807, 2.05) is 55.8 Å². The highest BCUT2D eigenvalue weighted by Gasteiger charge is 2.30. The molecular formula is C23H23N4O3S+. The van der Waals surface area contributed by atoms with Crippen LogP contribution in [0.3, 0.4) is 0 Å². The molecule has 2 N–H and O–H groups in total. The second kappa shape index (κ2) is 8.84. The molecule has 158 valence electrons. The molecular weight excluding hydrogens is 412 g/mol. The molecule has 0 aliphatic heterocycles. The first kappa shape index (κ1) is 21.0. The number of aromatic nitrogens is 2. The van der Waals surface area contributed by atoms with Crippen molar-refractivity contribution >= 4 is 16.4 Å². The lowest BCUT2D eigenvalue weighted by atomic mass is 10.0. The Labute approximate surface area is 183 Å². The molecule has 2 atom stereocenters. The van der Waals surface area contributed by atoms with Crippen molar-refractivity contribution in [2.24, 2.45) is 0 Å². The van der Waals surface area contributed by atoms with Crippen LogP contribution in [0, 0.1) is 11.3 Å². The number of nitriles is 1. The van der Waals surface area contributed by atoms with Gasteiger partial charge in [-0.1, -0.05) is 22.3 Å². The zero-order valence-electron chi connectivity index (χ0n) is 17.3. The summed E-state index contributed by atoms with van der Waals surface area (Å²) in [4.78, 5) is 11.9. The van der Waals surface area contributed by atoms with E-state index in [-0.39, 0.29) is 18.7 Å². The van der Waals surface area contributed by atoms with E-state index in [0.29, 0.717) is 11.3 Å². The van der Waals surface area contributed by atoms with Crippen LogP contribution in [0.25, 0.3) is 15.5 Å². The Balaban J connectivity index is 1.71. The molecule has 0 saturated carbocycles. The van der Waals surface area contributed by atoms with Crippen LogP contribution < -0.4 is 10.1 Å². The Morgan fingerprint density at radius 1 is 1.39 bits per heavy atom. The van der Waals surface area contributed by atoms with E-state index in [1.54, 1.807) is 0 Å². The molecule has 0 bridgehead atoms. The molecule has 1 aromatic heterocycles. The first-order valence-electron chi connectivity index (χ1n) is 10.1. The minimum absolute atomic E-state index is 0.0137. The third kappa shape index (κ3) is 4.29. The highest BCUT2D eigenvalue weighted by Crippen LogP contribution is 2.45. The number of aliphatic carboxylic acids is 1. The highest BCUT2D eigenvalue weighted by molar-refractivity contribution is 7.40. The van der Waals surface area contributed by atoms with Crippen LogP contribution in [0.4, 0.5) is 0 Å². The number of ether oxygens (including phenoxy) is 1. The lowest BCUT2D eigenvalue weighted by Crippen LogP contribution is -2.25. The van der Waals surface area contributed by atoms with E-state index in [4.69, 9.17) is 9.84 Å². The summed E-state index contributed by atoms with van der Waals surface area (Å²) >= 11 is 0. The maximum Gasteiger partial charge on any atom is 0.317 e. The van der Waals surface area contributed by atoms with E-state index in [0.717, 1.165) is 33.9 Å². The first-order valence-corrected chi connectivity index (χ1v) is 11.4. The molecule has 0 amide bonds. The van der Waals surface area contributed by atoms with Crippen molar-refractivity contribution in [3.05, 3.63) is 58.6 Å². The van der Waals surface area contributed by atoms with Crippen LogP contribution in [0.2, 0.25) is 0 Å². The number of rotatable bonds is 7. The normalized spacial score (nSPS) is 15.5.